The van der Waals surface area contributed by atoms with Crippen molar-refractivity contribution in [3.8, 4) is 23.0 Å². The van der Waals surface area contributed by atoms with Crippen molar-refractivity contribution in [3.63, 3.8) is 0 Å². The number of aromatic nitrogens is 2. The summed E-state index contributed by atoms with van der Waals surface area (Å²) >= 11 is 0. The van der Waals surface area contributed by atoms with Crippen molar-refractivity contribution in [2.45, 2.75) is 0 Å². The van der Waals surface area contributed by atoms with Crippen molar-refractivity contribution >= 4 is 33.7 Å². The maximum Gasteiger partial charge on any atom is 0.335 e. The number of aromatic hydroxyl groups is 2. The van der Waals surface area contributed by atoms with E-state index in [-0.39, 0.29) is 31.0 Å². The van der Waals surface area contributed by atoms with Gasteiger partial charge in [0.05, 0.1) is 0 Å². The molecule has 2 aromatic heterocycles. The summed E-state index contributed by atoms with van der Waals surface area (Å²) in [5.41, 5.74) is 0.800. The fourth-order valence-corrected chi connectivity index (χ4v) is 2.74. The Morgan fingerprint density at radius 1 is 0.727 bits per heavy atom. The zero-order chi connectivity index (χ0) is 23.1. The van der Waals surface area contributed by atoms with Crippen molar-refractivity contribution < 1.29 is 48.8 Å². The number of phenolic OH excluding ortho intramolecular Hbond substituents is 2. The minimum Gasteiger partial charge on any atom is -0.506 e. The molecule has 0 bridgehead atoms. The SMILES string of the molecule is C=CC(=O)Oc1ccc(O)c2ncccc12.C=CC(=O)Oc1ccc(O)c2ncccc12.[Zn]. The summed E-state index contributed by atoms with van der Waals surface area (Å²) in [5, 5.41) is 20.3. The van der Waals surface area contributed by atoms with E-state index in [0.29, 0.717) is 33.3 Å². The fraction of sp³-hybridized carbons (Fsp3) is 0. The van der Waals surface area contributed by atoms with E-state index in [0.717, 1.165) is 12.2 Å². The average Bonchev–Trinajstić information content (AvgIpc) is 2.83. The normalized spacial score (nSPS) is 9.70. The van der Waals surface area contributed by atoms with Crippen LogP contribution in [0.5, 0.6) is 23.0 Å². The van der Waals surface area contributed by atoms with Crippen molar-refractivity contribution in [1.82, 2.24) is 9.97 Å². The van der Waals surface area contributed by atoms with Gasteiger partial charge in [-0.15, -0.1) is 0 Å². The van der Waals surface area contributed by atoms with E-state index in [1.807, 2.05) is 0 Å². The van der Waals surface area contributed by atoms with E-state index in [1.165, 1.54) is 24.3 Å². The summed E-state index contributed by atoms with van der Waals surface area (Å²) in [7, 11) is 0. The van der Waals surface area contributed by atoms with Gasteiger partial charge in [0, 0.05) is 54.8 Å². The first kappa shape index (κ1) is 25.2. The topological polar surface area (TPSA) is 119 Å². The van der Waals surface area contributed by atoms with Crippen LogP contribution in [-0.4, -0.2) is 32.1 Å². The van der Waals surface area contributed by atoms with Crippen molar-refractivity contribution in [3.05, 3.63) is 86.2 Å². The Bertz CT molecular complexity index is 1240. The first-order valence-electron chi connectivity index (χ1n) is 9.26. The predicted molar refractivity (Wildman–Crippen MR) is 118 cm³/mol. The van der Waals surface area contributed by atoms with Gasteiger partial charge in [0.25, 0.3) is 0 Å². The second-order valence-electron chi connectivity index (χ2n) is 6.22. The van der Waals surface area contributed by atoms with Gasteiger partial charge in [-0.1, -0.05) is 13.2 Å². The molecular weight excluding hydrogens is 478 g/mol. The molecule has 2 heterocycles. The molecular formula is C24H18N2O6Zn. The Morgan fingerprint density at radius 3 is 1.48 bits per heavy atom. The molecule has 4 aromatic rings. The van der Waals surface area contributed by atoms with Crippen LogP contribution in [0.4, 0.5) is 0 Å². The van der Waals surface area contributed by atoms with Gasteiger partial charge in [-0.2, -0.15) is 0 Å². The second-order valence-corrected chi connectivity index (χ2v) is 6.22. The van der Waals surface area contributed by atoms with E-state index >= 15 is 0 Å². The quantitative estimate of drug-likeness (QED) is 0.188. The maximum absolute atomic E-state index is 11.1. The zero-order valence-corrected chi connectivity index (χ0v) is 20.4. The third kappa shape index (κ3) is 5.99. The summed E-state index contributed by atoms with van der Waals surface area (Å²) in [6.45, 7) is 6.63. The van der Waals surface area contributed by atoms with Crippen LogP contribution in [0, 0.1) is 0 Å². The molecule has 0 radical (unpaired) electrons. The van der Waals surface area contributed by atoms with E-state index in [1.54, 1.807) is 36.7 Å². The average molecular weight is 496 g/mol. The summed E-state index contributed by atoms with van der Waals surface area (Å²) in [6, 6.07) is 12.7. The number of fused-ring (bicyclic) bond motifs is 2. The van der Waals surface area contributed by atoms with Crippen LogP contribution in [0.1, 0.15) is 0 Å². The zero-order valence-electron chi connectivity index (χ0n) is 17.5. The second kappa shape index (κ2) is 11.5. The van der Waals surface area contributed by atoms with Crippen LogP contribution in [-0.2, 0) is 29.1 Å². The number of pyridine rings is 2. The molecule has 33 heavy (non-hydrogen) atoms. The number of carbonyl (C=O) groups is 2. The first-order valence-corrected chi connectivity index (χ1v) is 9.26. The van der Waals surface area contributed by atoms with E-state index in [4.69, 9.17) is 9.47 Å². The molecule has 0 unspecified atom stereocenters. The minimum absolute atomic E-state index is 0. The van der Waals surface area contributed by atoms with Crippen LogP contribution in [0.3, 0.4) is 0 Å². The Morgan fingerprint density at radius 2 is 1.12 bits per heavy atom. The number of esters is 2. The van der Waals surface area contributed by atoms with Crippen LogP contribution in [0.2, 0.25) is 0 Å². The van der Waals surface area contributed by atoms with Crippen molar-refractivity contribution in [2.24, 2.45) is 0 Å². The minimum atomic E-state index is -0.546. The summed E-state index contributed by atoms with van der Waals surface area (Å²) < 4.78 is 10.0. The van der Waals surface area contributed by atoms with E-state index in [2.05, 4.69) is 23.1 Å². The smallest absolute Gasteiger partial charge is 0.335 e. The van der Waals surface area contributed by atoms with Gasteiger partial charge in [0.1, 0.15) is 34.0 Å². The summed E-state index contributed by atoms with van der Waals surface area (Å²) in [5.74, 6) is -0.286. The molecule has 0 fully saturated rings. The molecule has 0 spiro atoms. The molecule has 0 saturated heterocycles. The third-order valence-electron chi connectivity index (χ3n) is 4.17. The molecule has 0 amide bonds. The van der Waals surface area contributed by atoms with Crippen LogP contribution in [0.15, 0.2) is 86.2 Å². The number of rotatable bonds is 4. The molecule has 8 nitrogen and oxygen atoms in total. The summed E-state index contributed by atoms with van der Waals surface area (Å²) in [6.07, 6.45) is 5.27. The van der Waals surface area contributed by atoms with Gasteiger partial charge in [0.15, 0.2) is 0 Å². The Balaban J connectivity index is 0.000000227. The molecule has 0 aliphatic heterocycles. The Hall–Kier alpha value is -4.10. The Kier molecular flexibility index (Phi) is 8.77. The number of hydrogen-bond acceptors (Lipinski definition) is 8. The van der Waals surface area contributed by atoms with Gasteiger partial charge in [-0.25, -0.2) is 9.59 Å². The van der Waals surface area contributed by atoms with Gasteiger partial charge < -0.3 is 19.7 Å². The third-order valence-corrected chi connectivity index (χ3v) is 4.17. The fourth-order valence-electron chi connectivity index (χ4n) is 2.74. The monoisotopic (exact) mass is 494 g/mol. The van der Waals surface area contributed by atoms with Crippen LogP contribution < -0.4 is 9.47 Å². The number of ether oxygens (including phenoxy) is 2. The number of nitrogens with zero attached hydrogens (tertiary/aromatic N) is 2. The molecule has 2 aromatic carbocycles. The molecule has 0 aliphatic rings. The molecule has 2 N–H and O–H groups in total. The molecule has 0 saturated carbocycles. The molecule has 0 aliphatic carbocycles. The molecule has 9 heteroatoms. The number of carbonyl (C=O) groups excluding carboxylic acids is 2. The van der Waals surface area contributed by atoms with Gasteiger partial charge in [-0.3, -0.25) is 9.97 Å². The maximum atomic E-state index is 11.1. The first-order chi connectivity index (χ1) is 15.4. The van der Waals surface area contributed by atoms with Gasteiger partial charge in [0.2, 0.25) is 0 Å². The van der Waals surface area contributed by atoms with Gasteiger partial charge in [-0.05, 0) is 48.5 Å². The van der Waals surface area contributed by atoms with Crippen LogP contribution >= 0.6 is 0 Å². The largest absolute Gasteiger partial charge is 0.506 e. The molecule has 4 rings (SSSR count). The van der Waals surface area contributed by atoms with Crippen LogP contribution in [0.25, 0.3) is 21.8 Å². The number of phenols is 2. The predicted octanol–water partition coefficient (Wildman–Crippen LogP) is 4.06. The van der Waals surface area contributed by atoms with E-state index < -0.39 is 11.9 Å². The summed E-state index contributed by atoms with van der Waals surface area (Å²) in [4.78, 5) is 30.2. The number of hydrogen-bond donors (Lipinski definition) is 2. The molecule has 162 valence electrons. The van der Waals surface area contributed by atoms with Crippen molar-refractivity contribution in [2.75, 3.05) is 0 Å². The van der Waals surface area contributed by atoms with E-state index in [9.17, 15) is 19.8 Å². The molecule has 0 atom stereocenters. The van der Waals surface area contributed by atoms with Gasteiger partial charge >= 0.3 is 11.9 Å². The standard InChI is InChI=1S/2C12H9NO3.Zn/c2*1-2-11(15)16-10-6-5-9(14)12-8(10)4-3-7-13-12;/h2*2-7,14H,1H2;. The van der Waals surface area contributed by atoms with Crippen molar-refractivity contribution in [1.29, 1.82) is 0 Å². The Labute approximate surface area is 201 Å². The number of benzene rings is 2.